The summed E-state index contributed by atoms with van der Waals surface area (Å²) in [7, 11) is 1.95. The van der Waals surface area contributed by atoms with Gasteiger partial charge in [0.05, 0.1) is 0 Å². The number of ether oxygens (including phenoxy) is 1. The molecule has 1 aromatic heterocycles. The van der Waals surface area contributed by atoms with Crippen LogP contribution < -0.4 is 9.88 Å². The predicted octanol–water partition coefficient (Wildman–Crippen LogP) is 4.22. The number of hydrogen-bond donors (Lipinski definition) is 1. The quantitative estimate of drug-likeness (QED) is 0.550. The second-order valence-electron chi connectivity index (χ2n) is 10.6. The van der Waals surface area contributed by atoms with Gasteiger partial charge in [0, 0.05) is 44.4 Å². The topological polar surface area (TPSA) is 79.1 Å². The van der Waals surface area contributed by atoms with Gasteiger partial charge in [0.25, 0.3) is 0 Å². The molecule has 2 heterocycles. The number of aryl methyl sites for hydroxylation is 1. The number of nitrogens with one attached hydrogen (secondary N) is 1. The lowest BCUT2D eigenvalue weighted by Gasteiger charge is -2.48. The van der Waals surface area contributed by atoms with Gasteiger partial charge in [0.1, 0.15) is 13.2 Å². The molecular weight excluding hydrogens is 412 g/mol. The van der Waals surface area contributed by atoms with Gasteiger partial charge in [-0.05, 0) is 42.6 Å². The van der Waals surface area contributed by atoms with Crippen LogP contribution in [0.1, 0.15) is 77.7 Å². The molecule has 0 radical (unpaired) electrons. The van der Waals surface area contributed by atoms with E-state index in [1.165, 1.54) is 0 Å². The lowest BCUT2D eigenvalue weighted by molar-refractivity contribution is -0.671. The fourth-order valence-corrected chi connectivity index (χ4v) is 4.75. The molecule has 0 atom stereocenters. The molecule has 4 rings (SSSR count). The lowest BCUT2D eigenvalue weighted by atomic mass is 9.71. The first-order valence-corrected chi connectivity index (χ1v) is 11.8. The Hall–Kier alpha value is -1.74. The summed E-state index contributed by atoms with van der Waals surface area (Å²) >= 11 is 0. The number of alkyl carbamates (subject to hydrolysis) is 1. The van der Waals surface area contributed by atoms with E-state index in [1.54, 1.807) is 0 Å². The van der Waals surface area contributed by atoms with Crippen molar-refractivity contribution >= 4 is 6.09 Å². The van der Waals surface area contributed by atoms with Crippen molar-refractivity contribution in [1.29, 1.82) is 0 Å². The summed E-state index contributed by atoms with van der Waals surface area (Å²) in [4.78, 5) is 35.3. The van der Waals surface area contributed by atoms with E-state index in [-0.39, 0.29) is 11.5 Å². The first kappa shape index (κ1) is 23.4. The van der Waals surface area contributed by atoms with Gasteiger partial charge in [-0.1, -0.05) is 20.8 Å². The Labute approximate surface area is 190 Å². The van der Waals surface area contributed by atoms with Gasteiger partial charge in [0.2, 0.25) is 11.6 Å². The molecule has 1 aromatic rings. The molecule has 0 aromatic carbocycles. The molecule has 1 N–H and O–H groups in total. The Morgan fingerprint density at radius 3 is 2.00 bits per heavy atom. The summed E-state index contributed by atoms with van der Waals surface area (Å²) in [5.41, 5.74) is 1.30. The van der Waals surface area contributed by atoms with Crippen molar-refractivity contribution in [3.8, 4) is 0 Å². The third-order valence-corrected chi connectivity index (χ3v) is 7.12. The second kappa shape index (κ2) is 9.25. The lowest BCUT2D eigenvalue weighted by Crippen LogP contribution is -2.54. The van der Waals surface area contributed by atoms with Gasteiger partial charge in [-0.3, -0.25) is 0 Å². The zero-order valence-electron chi connectivity index (χ0n) is 19.7. The molecule has 1 saturated heterocycles. The van der Waals surface area contributed by atoms with E-state index in [0.29, 0.717) is 38.1 Å². The van der Waals surface area contributed by atoms with Crippen molar-refractivity contribution in [2.75, 3.05) is 0 Å². The Balaban J connectivity index is 1.18. The van der Waals surface area contributed by atoms with E-state index in [2.05, 4.69) is 26.1 Å². The van der Waals surface area contributed by atoms with Crippen molar-refractivity contribution in [3.63, 3.8) is 0 Å². The largest absolute Gasteiger partial charge is 0.446 e. The number of amides is 1. The molecular formula is C24H37N2O6+. The minimum Gasteiger partial charge on any atom is -0.446 e. The normalized spacial score (nSPS) is 33.2. The highest BCUT2D eigenvalue weighted by molar-refractivity contribution is 5.67. The second-order valence-corrected chi connectivity index (χ2v) is 10.6. The van der Waals surface area contributed by atoms with Gasteiger partial charge >= 0.3 is 6.09 Å². The molecule has 1 amide bonds. The molecule has 0 bridgehead atoms. The molecule has 1 aliphatic heterocycles. The molecule has 32 heavy (non-hydrogen) atoms. The summed E-state index contributed by atoms with van der Waals surface area (Å²) in [5, 5.41) is 2.81. The minimum absolute atomic E-state index is 0.181. The SMILES string of the molecule is C[n+]1ccc(CNC(=O)OC2CCC3(CC2)OOC2(CCC(C(C)(C)C)CC2)OO3)cc1. The van der Waals surface area contributed by atoms with Gasteiger partial charge in [-0.2, -0.15) is 19.6 Å². The third-order valence-electron chi connectivity index (χ3n) is 7.12. The molecule has 3 aliphatic rings. The summed E-state index contributed by atoms with van der Waals surface area (Å²) in [5.74, 6) is -1.07. The van der Waals surface area contributed by atoms with Crippen LogP contribution >= 0.6 is 0 Å². The third kappa shape index (κ3) is 5.60. The fourth-order valence-electron chi connectivity index (χ4n) is 4.75. The number of rotatable bonds is 3. The zero-order valence-corrected chi connectivity index (χ0v) is 19.7. The van der Waals surface area contributed by atoms with Gasteiger partial charge in [-0.25, -0.2) is 9.36 Å². The summed E-state index contributed by atoms with van der Waals surface area (Å²) in [6.07, 6.45) is 9.20. The van der Waals surface area contributed by atoms with Crippen molar-refractivity contribution in [2.45, 2.75) is 96.4 Å². The van der Waals surface area contributed by atoms with Crippen LogP contribution in [0.3, 0.4) is 0 Å². The van der Waals surface area contributed by atoms with Gasteiger partial charge in [0.15, 0.2) is 12.4 Å². The first-order valence-electron chi connectivity index (χ1n) is 11.8. The summed E-state index contributed by atoms with van der Waals surface area (Å²) in [6.45, 7) is 7.27. The average molecular weight is 450 g/mol. The molecule has 8 heteroatoms. The molecule has 8 nitrogen and oxygen atoms in total. The molecule has 178 valence electrons. The van der Waals surface area contributed by atoms with Crippen molar-refractivity contribution in [3.05, 3.63) is 30.1 Å². The number of nitrogens with zero attached hydrogens (tertiary/aromatic N) is 1. The van der Waals surface area contributed by atoms with Crippen LogP contribution in [0.5, 0.6) is 0 Å². The van der Waals surface area contributed by atoms with E-state index in [4.69, 9.17) is 24.3 Å². The van der Waals surface area contributed by atoms with Crippen molar-refractivity contribution < 1.29 is 33.6 Å². The highest BCUT2D eigenvalue weighted by Gasteiger charge is 2.52. The van der Waals surface area contributed by atoms with E-state index in [0.717, 1.165) is 31.2 Å². The number of pyridine rings is 1. The van der Waals surface area contributed by atoms with Crippen molar-refractivity contribution in [1.82, 2.24) is 5.32 Å². The van der Waals surface area contributed by atoms with Gasteiger partial charge in [-0.15, -0.1) is 0 Å². The molecule has 3 fully saturated rings. The summed E-state index contributed by atoms with van der Waals surface area (Å²) in [6, 6.07) is 3.93. The van der Waals surface area contributed by atoms with E-state index >= 15 is 0 Å². The molecule has 2 aliphatic carbocycles. The number of aromatic nitrogens is 1. The Bertz CT molecular complexity index is 763. The minimum atomic E-state index is -0.915. The maximum atomic E-state index is 12.2. The maximum Gasteiger partial charge on any atom is 0.407 e. The number of hydrogen-bond acceptors (Lipinski definition) is 6. The fraction of sp³-hybridized carbons (Fsp3) is 0.750. The van der Waals surface area contributed by atoms with Crippen LogP contribution in [-0.4, -0.2) is 23.8 Å². The zero-order chi connectivity index (χ0) is 22.8. The van der Waals surface area contributed by atoms with Crippen LogP contribution in [0.25, 0.3) is 0 Å². The maximum absolute atomic E-state index is 12.2. The van der Waals surface area contributed by atoms with E-state index in [9.17, 15) is 4.79 Å². The van der Waals surface area contributed by atoms with E-state index in [1.807, 2.05) is 36.1 Å². The highest BCUT2D eigenvalue weighted by Crippen LogP contribution is 2.48. The average Bonchev–Trinajstić information content (AvgIpc) is 2.77. The van der Waals surface area contributed by atoms with Crippen LogP contribution in [0.4, 0.5) is 4.79 Å². The van der Waals surface area contributed by atoms with Crippen LogP contribution in [-0.2, 0) is 37.9 Å². The first-order chi connectivity index (χ1) is 15.2. The molecule has 2 spiro atoms. The highest BCUT2D eigenvalue weighted by atomic mass is 17.4. The Kier molecular flexibility index (Phi) is 6.77. The monoisotopic (exact) mass is 449 g/mol. The Morgan fingerprint density at radius 2 is 1.50 bits per heavy atom. The van der Waals surface area contributed by atoms with Crippen molar-refractivity contribution in [2.24, 2.45) is 18.4 Å². The van der Waals surface area contributed by atoms with E-state index < -0.39 is 17.7 Å². The smallest absolute Gasteiger partial charge is 0.407 e. The standard InChI is InChI=1S/C24H36N2O6/c1-22(2,3)19-5-11-23(12-6-19)29-31-24(32-30-23)13-7-20(8-14-24)28-21(27)25-17-18-9-15-26(4)16-10-18/h9-10,15-16,19-20H,5-8,11-14,17H2,1-4H3/p+1. The number of carbonyl (C=O) groups excluding carboxylic acids is 1. The Morgan fingerprint density at radius 1 is 1.00 bits per heavy atom. The molecule has 0 unspecified atom stereocenters. The van der Waals surface area contributed by atoms with Crippen LogP contribution in [0, 0.1) is 11.3 Å². The summed E-state index contributed by atoms with van der Waals surface area (Å²) < 4.78 is 7.52. The molecule has 2 saturated carbocycles. The predicted molar refractivity (Wildman–Crippen MR) is 114 cm³/mol. The van der Waals surface area contributed by atoms with Gasteiger partial charge < -0.3 is 10.1 Å². The van der Waals surface area contributed by atoms with Crippen LogP contribution in [0.15, 0.2) is 24.5 Å². The number of carbonyl (C=O) groups is 1. The van der Waals surface area contributed by atoms with Crippen LogP contribution in [0.2, 0.25) is 0 Å².